The summed E-state index contributed by atoms with van der Waals surface area (Å²) in [6.45, 7) is 7.95. The summed E-state index contributed by atoms with van der Waals surface area (Å²) in [5.74, 6) is -0.0930. The topological polar surface area (TPSA) is 42.0 Å². The number of pyridine rings is 1. The molecule has 0 saturated carbocycles. The number of anilines is 1. The molecule has 2 aromatic rings. The van der Waals surface area contributed by atoms with E-state index in [1.807, 2.05) is 51.1 Å². The van der Waals surface area contributed by atoms with Gasteiger partial charge in [-0.25, -0.2) is 0 Å². The number of hydrogen-bond donors (Lipinski definition) is 1. The molecule has 3 nitrogen and oxygen atoms in total. The van der Waals surface area contributed by atoms with Crippen molar-refractivity contribution in [2.75, 3.05) is 5.32 Å². The Kier molecular flexibility index (Phi) is 4.18. The van der Waals surface area contributed by atoms with Crippen molar-refractivity contribution >= 4 is 11.6 Å². The highest BCUT2D eigenvalue weighted by Crippen LogP contribution is 2.20. The number of rotatable bonds is 3. The van der Waals surface area contributed by atoms with Crippen LogP contribution >= 0.6 is 0 Å². The second-order valence-corrected chi connectivity index (χ2v) is 5.05. The molecule has 0 aliphatic carbocycles. The molecule has 1 amide bonds. The van der Waals surface area contributed by atoms with Crippen molar-refractivity contribution in [2.45, 2.75) is 34.1 Å². The zero-order chi connectivity index (χ0) is 14.7. The maximum atomic E-state index is 12.3. The van der Waals surface area contributed by atoms with Gasteiger partial charge in [-0.1, -0.05) is 19.1 Å². The Balaban J connectivity index is 2.23. The van der Waals surface area contributed by atoms with Gasteiger partial charge >= 0.3 is 0 Å². The third-order valence-electron chi connectivity index (χ3n) is 3.39. The largest absolute Gasteiger partial charge is 0.320 e. The van der Waals surface area contributed by atoms with Crippen LogP contribution in [0, 0.1) is 20.8 Å². The summed E-state index contributed by atoms with van der Waals surface area (Å²) < 4.78 is 0. The van der Waals surface area contributed by atoms with E-state index in [1.165, 1.54) is 5.56 Å². The number of amides is 1. The van der Waals surface area contributed by atoms with Gasteiger partial charge in [-0.3, -0.25) is 9.78 Å². The molecule has 1 heterocycles. The predicted octanol–water partition coefficient (Wildman–Crippen LogP) is 3.82. The summed E-state index contributed by atoms with van der Waals surface area (Å²) in [6, 6.07) is 9.67. The highest BCUT2D eigenvalue weighted by molar-refractivity contribution is 6.04. The normalized spacial score (nSPS) is 10.4. The summed E-state index contributed by atoms with van der Waals surface area (Å²) in [5.41, 5.74) is 5.55. The molecule has 2 rings (SSSR count). The van der Waals surface area contributed by atoms with Crippen LogP contribution < -0.4 is 5.32 Å². The zero-order valence-corrected chi connectivity index (χ0v) is 12.4. The standard InChI is InChI=1S/C17H20N2O/c1-5-14-6-8-15(9-7-14)17(20)19-16-11(2)10-12(3)18-13(16)4/h6-10H,5H2,1-4H3,(H,19,20). The Morgan fingerprint density at radius 3 is 2.35 bits per heavy atom. The van der Waals surface area contributed by atoms with Crippen LogP contribution in [-0.4, -0.2) is 10.9 Å². The summed E-state index contributed by atoms with van der Waals surface area (Å²) in [6.07, 6.45) is 0.974. The van der Waals surface area contributed by atoms with E-state index in [2.05, 4.69) is 17.2 Å². The first-order valence-corrected chi connectivity index (χ1v) is 6.86. The Labute approximate surface area is 120 Å². The molecule has 0 unspecified atom stereocenters. The van der Waals surface area contributed by atoms with Crippen molar-refractivity contribution in [1.29, 1.82) is 0 Å². The number of benzene rings is 1. The number of nitrogens with one attached hydrogen (secondary N) is 1. The maximum absolute atomic E-state index is 12.3. The Bertz CT molecular complexity index is 607. The van der Waals surface area contributed by atoms with Crippen molar-refractivity contribution in [3.8, 4) is 0 Å². The van der Waals surface area contributed by atoms with E-state index in [9.17, 15) is 4.79 Å². The number of aryl methyl sites for hydroxylation is 4. The first-order valence-electron chi connectivity index (χ1n) is 6.86. The molecule has 0 bridgehead atoms. The highest BCUT2D eigenvalue weighted by Gasteiger charge is 2.11. The van der Waals surface area contributed by atoms with Gasteiger partial charge in [-0.15, -0.1) is 0 Å². The molecule has 20 heavy (non-hydrogen) atoms. The molecule has 1 N–H and O–H groups in total. The second kappa shape index (κ2) is 5.87. The molecular formula is C17H20N2O. The van der Waals surface area contributed by atoms with Gasteiger partial charge in [0.25, 0.3) is 5.91 Å². The molecule has 0 atom stereocenters. The first kappa shape index (κ1) is 14.3. The van der Waals surface area contributed by atoms with Crippen LogP contribution in [0.4, 0.5) is 5.69 Å². The number of nitrogens with zero attached hydrogens (tertiary/aromatic N) is 1. The average Bonchev–Trinajstić information content (AvgIpc) is 2.42. The molecule has 0 radical (unpaired) electrons. The van der Waals surface area contributed by atoms with Crippen molar-refractivity contribution in [1.82, 2.24) is 4.98 Å². The number of hydrogen-bond acceptors (Lipinski definition) is 2. The molecule has 1 aromatic carbocycles. The summed E-state index contributed by atoms with van der Waals surface area (Å²) in [4.78, 5) is 16.7. The van der Waals surface area contributed by atoms with E-state index in [4.69, 9.17) is 0 Å². The molecule has 0 aliphatic heterocycles. The van der Waals surface area contributed by atoms with Crippen LogP contribution in [-0.2, 0) is 6.42 Å². The predicted molar refractivity (Wildman–Crippen MR) is 82.2 cm³/mol. The second-order valence-electron chi connectivity index (χ2n) is 5.05. The van der Waals surface area contributed by atoms with E-state index in [0.29, 0.717) is 5.56 Å². The van der Waals surface area contributed by atoms with Gasteiger partial charge in [0.1, 0.15) is 0 Å². The third kappa shape index (κ3) is 3.05. The van der Waals surface area contributed by atoms with Crippen LogP contribution in [0.2, 0.25) is 0 Å². The van der Waals surface area contributed by atoms with Crippen molar-refractivity contribution in [3.63, 3.8) is 0 Å². The van der Waals surface area contributed by atoms with Crippen molar-refractivity contribution in [3.05, 3.63) is 58.4 Å². The van der Waals surface area contributed by atoms with Gasteiger partial charge in [-0.2, -0.15) is 0 Å². The monoisotopic (exact) mass is 268 g/mol. The van der Waals surface area contributed by atoms with Gasteiger partial charge in [-0.05, 0) is 56.5 Å². The summed E-state index contributed by atoms with van der Waals surface area (Å²) >= 11 is 0. The lowest BCUT2D eigenvalue weighted by Crippen LogP contribution is -2.14. The maximum Gasteiger partial charge on any atom is 0.255 e. The van der Waals surface area contributed by atoms with Crippen LogP contribution in [0.3, 0.4) is 0 Å². The Morgan fingerprint density at radius 1 is 1.15 bits per heavy atom. The lowest BCUT2D eigenvalue weighted by atomic mass is 10.1. The van der Waals surface area contributed by atoms with Gasteiger partial charge in [0.05, 0.1) is 11.4 Å². The minimum Gasteiger partial charge on any atom is -0.320 e. The molecule has 0 spiro atoms. The van der Waals surface area contributed by atoms with E-state index in [0.717, 1.165) is 29.1 Å². The lowest BCUT2D eigenvalue weighted by molar-refractivity contribution is 0.102. The van der Waals surface area contributed by atoms with Gasteiger partial charge in [0.15, 0.2) is 0 Å². The van der Waals surface area contributed by atoms with E-state index in [1.54, 1.807) is 0 Å². The number of carbonyl (C=O) groups excluding carboxylic acids is 1. The zero-order valence-electron chi connectivity index (χ0n) is 12.4. The van der Waals surface area contributed by atoms with Crippen LogP contribution in [0.25, 0.3) is 0 Å². The molecular weight excluding hydrogens is 248 g/mol. The molecule has 3 heteroatoms. The third-order valence-corrected chi connectivity index (χ3v) is 3.39. The van der Waals surface area contributed by atoms with Gasteiger partial charge in [0, 0.05) is 11.3 Å². The van der Waals surface area contributed by atoms with Crippen LogP contribution in [0.5, 0.6) is 0 Å². The van der Waals surface area contributed by atoms with E-state index < -0.39 is 0 Å². The Hall–Kier alpha value is -2.16. The van der Waals surface area contributed by atoms with Crippen molar-refractivity contribution < 1.29 is 4.79 Å². The summed E-state index contributed by atoms with van der Waals surface area (Å²) in [7, 11) is 0. The lowest BCUT2D eigenvalue weighted by Gasteiger charge is -2.12. The smallest absolute Gasteiger partial charge is 0.255 e. The van der Waals surface area contributed by atoms with Gasteiger partial charge in [0.2, 0.25) is 0 Å². The molecule has 104 valence electrons. The minimum atomic E-state index is -0.0930. The fourth-order valence-electron chi connectivity index (χ4n) is 2.29. The van der Waals surface area contributed by atoms with E-state index >= 15 is 0 Å². The minimum absolute atomic E-state index is 0.0930. The highest BCUT2D eigenvalue weighted by atomic mass is 16.1. The fraction of sp³-hybridized carbons (Fsp3) is 0.294. The fourth-order valence-corrected chi connectivity index (χ4v) is 2.29. The Morgan fingerprint density at radius 2 is 1.80 bits per heavy atom. The molecule has 0 fully saturated rings. The molecule has 0 saturated heterocycles. The van der Waals surface area contributed by atoms with Crippen LogP contribution in [0.15, 0.2) is 30.3 Å². The van der Waals surface area contributed by atoms with Crippen molar-refractivity contribution in [2.24, 2.45) is 0 Å². The average molecular weight is 268 g/mol. The summed E-state index contributed by atoms with van der Waals surface area (Å²) in [5, 5.41) is 2.96. The first-order chi connectivity index (χ1) is 9.51. The number of carbonyl (C=O) groups is 1. The van der Waals surface area contributed by atoms with Gasteiger partial charge < -0.3 is 5.32 Å². The molecule has 1 aromatic heterocycles. The number of aromatic nitrogens is 1. The SMILES string of the molecule is CCc1ccc(C(=O)Nc2c(C)cc(C)nc2C)cc1. The van der Waals surface area contributed by atoms with E-state index in [-0.39, 0.29) is 5.91 Å². The molecule has 0 aliphatic rings. The van der Waals surface area contributed by atoms with Crippen LogP contribution in [0.1, 0.15) is 39.8 Å². The quantitative estimate of drug-likeness (QED) is 0.919.